The number of carbonyl (C=O) groups excluding carboxylic acids is 1. The van der Waals surface area contributed by atoms with Gasteiger partial charge in [-0.3, -0.25) is 4.79 Å². The Morgan fingerprint density at radius 2 is 1.76 bits per heavy atom. The number of hydrogen-bond donors (Lipinski definition) is 1. The Balaban J connectivity index is 1.50. The minimum Gasteiger partial charge on any atom is -0.487 e. The third-order valence-electron chi connectivity index (χ3n) is 5.45. The van der Waals surface area contributed by atoms with Crippen LogP contribution < -0.4 is 10.1 Å². The van der Waals surface area contributed by atoms with Crippen molar-refractivity contribution < 1.29 is 27.4 Å². The van der Waals surface area contributed by atoms with E-state index in [1.165, 1.54) is 12.1 Å². The average molecular weight is 405 g/mol. The lowest BCUT2D eigenvalue weighted by atomic mass is 9.96. The predicted molar refractivity (Wildman–Crippen MR) is 102 cm³/mol. The SMILES string of the molecule is O=C(NCC1Cc2cccc(-c3ccccc3C(F)(F)F)c2O1)C1CCOCC1. The van der Waals surface area contributed by atoms with E-state index in [0.29, 0.717) is 50.3 Å². The fourth-order valence-corrected chi connectivity index (χ4v) is 3.95. The van der Waals surface area contributed by atoms with E-state index in [0.717, 1.165) is 11.6 Å². The van der Waals surface area contributed by atoms with Gasteiger partial charge in [-0.25, -0.2) is 0 Å². The van der Waals surface area contributed by atoms with Crippen molar-refractivity contribution >= 4 is 5.91 Å². The maximum atomic E-state index is 13.5. The molecule has 154 valence electrons. The maximum Gasteiger partial charge on any atom is 0.417 e. The van der Waals surface area contributed by atoms with Crippen LogP contribution in [0.15, 0.2) is 42.5 Å². The zero-order valence-electron chi connectivity index (χ0n) is 15.8. The van der Waals surface area contributed by atoms with Gasteiger partial charge in [0.05, 0.1) is 12.1 Å². The van der Waals surface area contributed by atoms with E-state index in [-0.39, 0.29) is 23.5 Å². The predicted octanol–water partition coefficient (Wildman–Crippen LogP) is 4.22. The van der Waals surface area contributed by atoms with Crippen molar-refractivity contribution in [2.24, 2.45) is 5.92 Å². The fraction of sp³-hybridized carbons (Fsp3) is 0.409. The minimum absolute atomic E-state index is 0.0181. The molecule has 1 atom stereocenters. The summed E-state index contributed by atoms with van der Waals surface area (Å²) in [5, 5.41) is 2.92. The van der Waals surface area contributed by atoms with Crippen LogP contribution in [0.4, 0.5) is 13.2 Å². The smallest absolute Gasteiger partial charge is 0.417 e. The molecule has 1 N–H and O–H groups in total. The number of nitrogens with one attached hydrogen (secondary N) is 1. The molecule has 1 unspecified atom stereocenters. The number of halogens is 3. The van der Waals surface area contributed by atoms with E-state index in [1.54, 1.807) is 18.2 Å². The second-order valence-corrected chi connectivity index (χ2v) is 7.41. The Bertz CT molecular complexity index is 891. The fourth-order valence-electron chi connectivity index (χ4n) is 3.95. The lowest BCUT2D eigenvalue weighted by molar-refractivity contribution is -0.137. The van der Waals surface area contributed by atoms with Crippen LogP contribution in [0.5, 0.6) is 5.75 Å². The zero-order chi connectivity index (χ0) is 20.4. The molecule has 4 nitrogen and oxygen atoms in total. The summed E-state index contributed by atoms with van der Waals surface area (Å²) in [6, 6.07) is 10.8. The lowest BCUT2D eigenvalue weighted by Crippen LogP contribution is -2.39. The Hall–Kier alpha value is -2.54. The number of rotatable bonds is 4. The number of carbonyl (C=O) groups is 1. The van der Waals surface area contributed by atoms with Crippen LogP contribution >= 0.6 is 0 Å². The van der Waals surface area contributed by atoms with Crippen molar-refractivity contribution in [3.05, 3.63) is 53.6 Å². The number of ether oxygens (including phenoxy) is 2. The summed E-state index contributed by atoms with van der Waals surface area (Å²) in [4.78, 5) is 12.3. The number of benzene rings is 2. The molecule has 2 aromatic rings. The van der Waals surface area contributed by atoms with E-state index < -0.39 is 11.7 Å². The molecule has 0 radical (unpaired) electrons. The zero-order valence-corrected chi connectivity index (χ0v) is 15.8. The van der Waals surface area contributed by atoms with Gasteiger partial charge in [-0.05, 0) is 30.0 Å². The van der Waals surface area contributed by atoms with Crippen molar-refractivity contribution in [1.29, 1.82) is 0 Å². The molecule has 7 heteroatoms. The molecule has 0 aliphatic carbocycles. The summed E-state index contributed by atoms with van der Waals surface area (Å²) >= 11 is 0. The van der Waals surface area contributed by atoms with Gasteiger partial charge in [0.25, 0.3) is 0 Å². The van der Waals surface area contributed by atoms with Gasteiger partial charge in [-0.15, -0.1) is 0 Å². The molecule has 2 heterocycles. The van der Waals surface area contributed by atoms with E-state index >= 15 is 0 Å². The second kappa shape index (κ2) is 8.06. The Labute approximate surface area is 167 Å². The highest BCUT2D eigenvalue weighted by Crippen LogP contribution is 2.43. The normalized spacial score (nSPS) is 19.5. The van der Waals surface area contributed by atoms with Crippen molar-refractivity contribution in [2.75, 3.05) is 19.8 Å². The molecule has 0 aromatic heterocycles. The van der Waals surface area contributed by atoms with Crippen LogP contribution in [0.1, 0.15) is 24.0 Å². The molecular formula is C22H22F3NO3. The first kappa shape index (κ1) is 19.8. The Kier molecular flexibility index (Phi) is 5.50. The first-order valence-electron chi connectivity index (χ1n) is 9.74. The van der Waals surface area contributed by atoms with Crippen LogP contribution in [0.2, 0.25) is 0 Å². The summed E-state index contributed by atoms with van der Waals surface area (Å²) < 4.78 is 51.6. The van der Waals surface area contributed by atoms with Gasteiger partial charge in [0.2, 0.25) is 5.91 Å². The third kappa shape index (κ3) is 4.24. The van der Waals surface area contributed by atoms with Gasteiger partial charge >= 0.3 is 6.18 Å². The number of amides is 1. The van der Waals surface area contributed by atoms with Crippen LogP contribution in [-0.4, -0.2) is 31.8 Å². The highest BCUT2D eigenvalue weighted by Gasteiger charge is 2.35. The first-order chi connectivity index (χ1) is 13.9. The van der Waals surface area contributed by atoms with Crippen molar-refractivity contribution in [3.63, 3.8) is 0 Å². The van der Waals surface area contributed by atoms with Gasteiger partial charge in [-0.1, -0.05) is 36.4 Å². The van der Waals surface area contributed by atoms with Gasteiger partial charge in [0.1, 0.15) is 11.9 Å². The average Bonchev–Trinajstić information content (AvgIpc) is 3.15. The Morgan fingerprint density at radius 3 is 2.52 bits per heavy atom. The molecule has 0 bridgehead atoms. The van der Waals surface area contributed by atoms with Gasteiger partial charge in [0, 0.05) is 31.1 Å². The van der Waals surface area contributed by atoms with Crippen LogP contribution in [0, 0.1) is 5.92 Å². The molecule has 2 aliphatic heterocycles. The minimum atomic E-state index is -4.45. The number of para-hydroxylation sites is 1. The van der Waals surface area contributed by atoms with Gasteiger partial charge in [-0.2, -0.15) is 13.2 Å². The molecule has 1 fully saturated rings. The van der Waals surface area contributed by atoms with Crippen molar-refractivity contribution in [3.8, 4) is 16.9 Å². The summed E-state index contributed by atoms with van der Waals surface area (Å²) in [5.41, 5.74) is 0.690. The van der Waals surface area contributed by atoms with E-state index in [1.807, 2.05) is 6.07 Å². The molecule has 0 saturated carbocycles. The quantitative estimate of drug-likeness (QED) is 0.829. The Morgan fingerprint density at radius 1 is 1.03 bits per heavy atom. The van der Waals surface area contributed by atoms with Gasteiger partial charge < -0.3 is 14.8 Å². The third-order valence-corrected chi connectivity index (χ3v) is 5.45. The largest absolute Gasteiger partial charge is 0.487 e. The molecule has 1 amide bonds. The van der Waals surface area contributed by atoms with Crippen molar-refractivity contribution in [2.45, 2.75) is 31.5 Å². The summed E-state index contributed by atoms with van der Waals surface area (Å²) in [7, 11) is 0. The molecule has 4 rings (SSSR count). The number of alkyl halides is 3. The molecule has 29 heavy (non-hydrogen) atoms. The lowest BCUT2D eigenvalue weighted by Gasteiger charge is -2.22. The highest BCUT2D eigenvalue weighted by atomic mass is 19.4. The van der Waals surface area contributed by atoms with Crippen molar-refractivity contribution in [1.82, 2.24) is 5.32 Å². The maximum absolute atomic E-state index is 13.5. The molecule has 2 aromatic carbocycles. The highest BCUT2D eigenvalue weighted by molar-refractivity contribution is 5.79. The molecular weight excluding hydrogens is 383 g/mol. The monoisotopic (exact) mass is 405 g/mol. The standard InChI is InChI=1S/C22H22F3NO3/c23-22(24,25)19-7-2-1-5-17(19)18-6-3-4-15-12-16(29-20(15)18)13-26-21(27)14-8-10-28-11-9-14/h1-7,14,16H,8-13H2,(H,26,27). The first-order valence-corrected chi connectivity index (χ1v) is 9.74. The second-order valence-electron chi connectivity index (χ2n) is 7.41. The van der Waals surface area contributed by atoms with E-state index in [4.69, 9.17) is 9.47 Å². The van der Waals surface area contributed by atoms with Crippen LogP contribution in [0.25, 0.3) is 11.1 Å². The molecule has 0 spiro atoms. The van der Waals surface area contributed by atoms with E-state index in [9.17, 15) is 18.0 Å². The summed E-state index contributed by atoms with van der Waals surface area (Å²) in [6.07, 6.45) is -2.79. The molecule has 2 aliphatic rings. The topological polar surface area (TPSA) is 47.6 Å². The molecule has 1 saturated heterocycles. The summed E-state index contributed by atoms with van der Waals surface area (Å²) in [5.74, 6) is 0.395. The van der Waals surface area contributed by atoms with E-state index in [2.05, 4.69) is 5.32 Å². The van der Waals surface area contributed by atoms with Crippen LogP contribution in [0.3, 0.4) is 0 Å². The number of fused-ring (bicyclic) bond motifs is 1. The summed E-state index contributed by atoms with van der Waals surface area (Å²) in [6.45, 7) is 1.50. The van der Waals surface area contributed by atoms with Gasteiger partial charge in [0.15, 0.2) is 0 Å². The number of hydrogen-bond acceptors (Lipinski definition) is 3. The van der Waals surface area contributed by atoms with Crippen LogP contribution in [-0.2, 0) is 22.1 Å².